The van der Waals surface area contributed by atoms with Gasteiger partial charge in [0.1, 0.15) is 6.29 Å². The Hall–Kier alpha value is -0.860. The van der Waals surface area contributed by atoms with E-state index < -0.39 is 0 Å². The van der Waals surface area contributed by atoms with E-state index >= 15 is 0 Å². The lowest BCUT2D eigenvalue weighted by molar-refractivity contribution is -0.125. The van der Waals surface area contributed by atoms with Crippen LogP contribution in [0.15, 0.2) is 0 Å². The Morgan fingerprint density at radius 2 is 1.43 bits per heavy atom. The third-order valence-electron chi connectivity index (χ3n) is 3.89. The Morgan fingerprint density at radius 1 is 0.952 bits per heavy atom. The summed E-state index contributed by atoms with van der Waals surface area (Å²) in [6, 6.07) is -0.386. The molecule has 0 aromatic heterocycles. The van der Waals surface area contributed by atoms with E-state index in [2.05, 4.69) is 12.2 Å². The Morgan fingerprint density at radius 3 is 1.86 bits per heavy atom. The first-order valence-electron chi connectivity index (χ1n) is 8.66. The molecule has 1 unspecified atom stereocenters. The molecule has 0 fully saturated rings. The Kier molecular flexibility index (Phi) is 11.3. The molecule has 0 radical (unpaired) electrons. The lowest BCUT2D eigenvalue weighted by Gasteiger charge is -2.26. The molecular weight excluding hydrogens is 262 g/mol. The van der Waals surface area contributed by atoms with Gasteiger partial charge in [-0.1, -0.05) is 79.1 Å². The van der Waals surface area contributed by atoms with Crippen molar-refractivity contribution in [2.24, 2.45) is 5.41 Å². The summed E-state index contributed by atoms with van der Waals surface area (Å²) >= 11 is 0. The molecule has 0 rings (SSSR count). The normalized spacial score (nSPS) is 13.0. The fourth-order valence-electron chi connectivity index (χ4n) is 2.30. The second-order valence-electron chi connectivity index (χ2n) is 7.13. The van der Waals surface area contributed by atoms with Crippen molar-refractivity contribution < 1.29 is 9.59 Å². The molecule has 0 heterocycles. The zero-order valence-electron chi connectivity index (χ0n) is 14.5. The molecule has 1 amide bonds. The van der Waals surface area contributed by atoms with Crippen LogP contribution in [0.3, 0.4) is 0 Å². The zero-order valence-corrected chi connectivity index (χ0v) is 14.5. The number of amides is 1. The van der Waals surface area contributed by atoms with Gasteiger partial charge in [-0.15, -0.1) is 0 Å². The Bertz CT molecular complexity index is 281. The second-order valence-corrected chi connectivity index (χ2v) is 7.13. The highest BCUT2D eigenvalue weighted by Crippen LogP contribution is 2.18. The van der Waals surface area contributed by atoms with E-state index in [-0.39, 0.29) is 17.4 Å². The first kappa shape index (κ1) is 20.1. The number of carbonyl (C=O) groups is 2. The first-order valence-corrected chi connectivity index (χ1v) is 8.66. The van der Waals surface area contributed by atoms with Crippen molar-refractivity contribution in [2.45, 2.75) is 97.9 Å². The van der Waals surface area contributed by atoms with Crippen LogP contribution in [-0.4, -0.2) is 18.2 Å². The molecule has 0 saturated carbocycles. The van der Waals surface area contributed by atoms with Crippen LogP contribution in [0.1, 0.15) is 91.9 Å². The van der Waals surface area contributed by atoms with Gasteiger partial charge < -0.3 is 10.1 Å². The molecule has 1 atom stereocenters. The number of unbranched alkanes of at least 4 members (excludes halogenated alkanes) is 8. The topological polar surface area (TPSA) is 46.2 Å². The molecular formula is C18H35NO2. The monoisotopic (exact) mass is 297 g/mol. The maximum atomic E-state index is 11.8. The van der Waals surface area contributed by atoms with Crippen molar-refractivity contribution in [1.29, 1.82) is 0 Å². The molecule has 0 aromatic carbocycles. The molecule has 1 N–H and O–H groups in total. The summed E-state index contributed by atoms with van der Waals surface area (Å²) in [5.41, 5.74) is -0.212. The number of rotatable bonds is 12. The van der Waals surface area contributed by atoms with Crippen LogP contribution >= 0.6 is 0 Å². The number of hydrogen-bond acceptors (Lipinski definition) is 2. The highest BCUT2D eigenvalue weighted by molar-refractivity contribution is 5.79. The summed E-state index contributed by atoms with van der Waals surface area (Å²) in [5, 5.41) is 2.82. The maximum absolute atomic E-state index is 11.8. The van der Waals surface area contributed by atoms with E-state index in [0.717, 1.165) is 19.1 Å². The van der Waals surface area contributed by atoms with Crippen LogP contribution in [0.2, 0.25) is 0 Å². The molecule has 3 nitrogen and oxygen atoms in total. The van der Waals surface area contributed by atoms with Crippen LogP contribution in [0.5, 0.6) is 0 Å². The molecule has 0 saturated heterocycles. The SMILES string of the molecule is CCCCCCCCCCCC(=O)NC(C=O)C(C)(C)C. The van der Waals surface area contributed by atoms with Gasteiger partial charge in [-0.3, -0.25) is 4.79 Å². The predicted octanol–water partition coefficient (Wildman–Crippen LogP) is 4.64. The third-order valence-corrected chi connectivity index (χ3v) is 3.89. The zero-order chi connectivity index (χ0) is 16.1. The lowest BCUT2D eigenvalue weighted by atomic mass is 9.87. The second kappa shape index (κ2) is 11.8. The summed E-state index contributed by atoms with van der Waals surface area (Å²) in [6.07, 6.45) is 12.6. The summed E-state index contributed by atoms with van der Waals surface area (Å²) in [7, 11) is 0. The van der Waals surface area contributed by atoms with Crippen LogP contribution in [-0.2, 0) is 9.59 Å². The average Bonchev–Trinajstić information content (AvgIpc) is 2.41. The van der Waals surface area contributed by atoms with E-state index in [1.54, 1.807) is 0 Å². The Labute approximate surface area is 131 Å². The van der Waals surface area contributed by atoms with Crippen molar-refractivity contribution >= 4 is 12.2 Å². The average molecular weight is 297 g/mol. The van der Waals surface area contributed by atoms with Gasteiger partial charge >= 0.3 is 0 Å². The molecule has 0 aromatic rings. The van der Waals surface area contributed by atoms with Crippen LogP contribution in [0, 0.1) is 5.41 Å². The highest BCUT2D eigenvalue weighted by Gasteiger charge is 2.25. The van der Waals surface area contributed by atoms with E-state index in [4.69, 9.17) is 0 Å². The largest absolute Gasteiger partial charge is 0.346 e. The molecule has 21 heavy (non-hydrogen) atoms. The minimum atomic E-state index is -0.386. The van der Waals surface area contributed by atoms with Gasteiger partial charge in [-0.25, -0.2) is 0 Å². The number of carbonyl (C=O) groups excluding carboxylic acids is 2. The minimum absolute atomic E-state index is 0.00460. The van der Waals surface area contributed by atoms with Crippen molar-refractivity contribution in [3.05, 3.63) is 0 Å². The summed E-state index contributed by atoms with van der Waals surface area (Å²) in [6.45, 7) is 8.13. The van der Waals surface area contributed by atoms with E-state index in [9.17, 15) is 9.59 Å². The highest BCUT2D eigenvalue weighted by atomic mass is 16.2. The minimum Gasteiger partial charge on any atom is -0.346 e. The van der Waals surface area contributed by atoms with Crippen molar-refractivity contribution in [2.75, 3.05) is 0 Å². The van der Waals surface area contributed by atoms with Gasteiger partial charge in [0.25, 0.3) is 0 Å². The molecule has 0 aliphatic rings. The fraction of sp³-hybridized carbons (Fsp3) is 0.889. The van der Waals surface area contributed by atoms with Gasteiger partial charge in [0, 0.05) is 6.42 Å². The van der Waals surface area contributed by atoms with Crippen LogP contribution in [0.4, 0.5) is 0 Å². The molecule has 0 bridgehead atoms. The first-order chi connectivity index (χ1) is 9.91. The molecule has 0 spiro atoms. The van der Waals surface area contributed by atoms with Crippen molar-refractivity contribution in [3.63, 3.8) is 0 Å². The molecule has 124 valence electrons. The quantitative estimate of drug-likeness (QED) is 0.421. The molecule has 0 aliphatic carbocycles. The third kappa shape index (κ3) is 11.5. The fourth-order valence-corrected chi connectivity index (χ4v) is 2.30. The Balaban J connectivity index is 3.56. The summed E-state index contributed by atoms with van der Waals surface area (Å²) in [4.78, 5) is 22.8. The number of hydrogen-bond donors (Lipinski definition) is 1. The van der Waals surface area contributed by atoms with Crippen molar-refractivity contribution in [3.8, 4) is 0 Å². The number of nitrogens with one attached hydrogen (secondary N) is 1. The lowest BCUT2D eigenvalue weighted by Crippen LogP contribution is -2.44. The van der Waals surface area contributed by atoms with Crippen molar-refractivity contribution in [1.82, 2.24) is 5.32 Å². The molecule has 3 heteroatoms. The van der Waals surface area contributed by atoms with Gasteiger partial charge in [0.2, 0.25) is 5.91 Å². The standard InChI is InChI=1S/C18H35NO2/c1-5-6-7-8-9-10-11-12-13-14-17(21)19-16(15-20)18(2,3)4/h15-16H,5-14H2,1-4H3,(H,19,21). The predicted molar refractivity (Wildman–Crippen MR) is 89.3 cm³/mol. The van der Waals surface area contributed by atoms with Gasteiger partial charge in [0.15, 0.2) is 0 Å². The molecule has 0 aliphatic heterocycles. The van der Waals surface area contributed by atoms with E-state index in [0.29, 0.717) is 6.42 Å². The van der Waals surface area contributed by atoms with Gasteiger partial charge in [0.05, 0.1) is 6.04 Å². The summed E-state index contributed by atoms with van der Waals surface area (Å²) < 4.78 is 0. The smallest absolute Gasteiger partial charge is 0.220 e. The van der Waals surface area contributed by atoms with Crippen LogP contribution in [0.25, 0.3) is 0 Å². The summed E-state index contributed by atoms with van der Waals surface area (Å²) in [5.74, 6) is 0.00460. The van der Waals surface area contributed by atoms with E-state index in [1.807, 2.05) is 20.8 Å². The van der Waals surface area contributed by atoms with Gasteiger partial charge in [-0.05, 0) is 11.8 Å². The van der Waals surface area contributed by atoms with Crippen LogP contribution < -0.4 is 5.32 Å². The number of aldehydes is 1. The maximum Gasteiger partial charge on any atom is 0.220 e. The van der Waals surface area contributed by atoms with Gasteiger partial charge in [-0.2, -0.15) is 0 Å². The van der Waals surface area contributed by atoms with E-state index in [1.165, 1.54) is 44.9 Å².